The summed E-state index contributed by atoms with van der Waals surface area (Å²) in [5.41, 5.74) is 2.88. The van der Waals surface area contributed by atoms with E-state index < -0.39 is 0 Å². The monoisotopic (exact) mass is 280 g/mol. The maximum Gasteiger partial charge on any atom is 0.188 e. The molecule has 112 valence electrons. The van der Waals surface area contributed by atoms with Gasteiger partial charge >= 0.3 is 0 Å². The van der Waals surface area contributed by atoms with E-state index in [1.807, 2.05) is 32.0 Å². The molecular weight excluding hydrogens is 256 g/mol. The Hall–Kier alpha value is -1.23. The number of carbonyl (C=O) groups is 1. The highest BCUT2D eigenvalue weighted by Crippen LogP contribution is 2.11. The van der Waals surface area contributed by atoms with Gasteiger partial charge in [-0.25, -0.2) is 0 Å². The number of methoxy groups -OCH3 is 1. The zero-order chi connectivity index (χ0) is 14.8. The topological polar surface area (TPSA) is 44.8 Å². The molecule has 1 rings (SSSR count). The van der Waals surface area contributed by atoms with E-state index in [0.717, 1.165) is 23.1 Å². The van der Waals surface area contributed by atoms with Crippen molar-refractivity contribution in [1.29, 1.82) is 0 Å². The van der Waals surface area contributed by atoms with Gasteiger partial charge < -0.3 is 14.2 Å². The SMILES string of the molecule is COCCCOCCOCC(=O)c1ccc(C)cc1C. The number of carbonyl (C=O) groups excluding carboxylic acids is 1. The van der Waals surface area contributed by atoms with Crippen molar-refractivity contribution in [2.75, 3.05) is 40.1 Å². The van der Waals surface area contributed by atoms with Crippen molar-refractivity contribution in [3.8, 4) is 0 Å². The smallest absolute Gasteiger partial charge is 0.188 e. The van der Waals surface area contributed by atoms with Crippen LogP contribution < -0.4 is 0 Å². The fourth-order valence-corrected chi connectivity index (χ4v) is 1.89. The van der Waals surface area contributed by atoms with Crippen molar-refractivity contribution in [3.05, 3.63) is 34.9 Å². The second kappa shape index (κ2) is 9.64. The molecule has 0 radical (unpaired) electrons. The van der Waals surface area contributed by atoms with E-state index in [-0.39, 0.29) is 12.4 Å². The number of ether oxygens (including phenoxy) is 3. The highest BCUT2D eigenvalue weighted by Gasteiger charge is 2.08. The lowest BCUT2D eigenvalue weighted by Gasteiger charge is -2.07. The van der Waals surface area contributed by atoms with Gasteiger partial charge in [0, 0.05) is 25.9 Å². The van der Waals surface area contributed by atoms with Crippen molar-refractivity contribution in [2.45, 2.75) is 20.3 Å². The third kappa shape index (κ3) is 6.28. The standard InChI is InChI=1S/C16H24O4/c1-13-5-6-15(14(2)11-13)16(17)12-20-10-9-19-8-4-7-18-3/h5-6,11H,4,7-10,12H2,1-3H3. The summed E-state index contributed by atoms with van der Waals surface area (Å²) in [6.07, 6.45) is 0.873. The third-order valence-corrected chi connectivity index (χ3v) is 2.92. The maximum absolute atomic E-state index is 12.0. The highest BCUT2D eigenvalue weighted by atomic mass is 16.5. The predicted octanol–water partition coefficient (Wildman–Crippen LogP) is 2.56. The second-order valence-electron chi connectivity index (χ2n) is 4.75. The summed E-state index contributed by atoms with van der Waals surface area (Å²) in [6, 6.07) is 5.81. The molecule has 0 saturated carbocycles. The Morgan fingerprint density at radius 2 is 1.80 bits per heavy atom. The van der Waals surface area contributed by atoms with Gasteiger partial charge in [-0.2, -0.15) is 0 Å². The van der Waals surface area contributed by atoms with Crippen LogP contribution in [-0.2, 0) is 14.2 Å². The van der Waals surface area contributed by atoms with Gasteiger partial charge in [0.15, 0.2) is 5.78 Å². The number of aryl methyl sites for hydroxylation is 2. The first-order chi connectivity index (χ1) is 9.65. The van der Waals surface area contributed by atoms with Gasteiger partial charge in [0.1, 0.15) is 6.61 Å². The van der Waals surface area contributed by atoms with Gasteiger partial charge in [-0.15, -0.1) is 0 Å². The van der Waals surface area contributed by atoms with Gasteiger partial charge in [0.25, 0.3) is 0 Å². The van der Waals surface area contributed by atoms with Crippen molar-refractivity contribution in [3.63, 3.8) is 0 Å². The average molecular weight is 280 g/mol. The van der Waals surface area contributed by atoms with E-state index in [0.29, 0.717) is 26.4 Å². The summed E-state index contributed by atoms with van der Waals surface area (Å²) in [4.78, 5) is 12.0. The molecule has 4 nitrogen and oxygen atoms in total. The van der Waals surface area contributed by atoms with Gasteiger partial charge in [0.2, 0.25) is 0 Å². The quantitative estimate of drug-likeness (QED) is 0.488. The van der Waals surface area contributed by atoms with Crippen LogP contribution in [0.25, 0.3) is 0 Å². The summed E-state index contributed by atoms with van der Waals surface area (Å²) >= 11 is 0. The van der Waals surface area contributed by atoms with Crippen LogP contribution in [0.2, 0.25) is 0 Å². The molecule has 0 heterocycles. The molecule has 0 aromatic heterocycles. The summed E-state index contributed by atoms with van der Waals surface area (Å²) in [5.74, 6) is 0.0156. The predicted molar refractivity (Wildman–Crippen MR) is 78.4 cm³/mol. The largest absolute Gasteiger partial charge is 0.385 e. The second-order valence-corrected chi connectivity index (χ2v) is 4.75. The summed E-state index contributed by atoms with van der Waals surface area (Å²) in [7, 11) is 1.67. The fourth-order valence-electron chi connectivity index (χ4n) is 1.89. The molecule has 4 heteroatoms. The molecule has 0 fully saturated rings. The molecule has 0 bridgehead atoms. The van der Waals surface area contributed by atoms with Gasteiger partial charge in [-0.1, -0.05) is 23.8 Å². The first-order valence-corrected chi connectivity index (χ1v) is 6.90. The van der Waals surface area contributed by atoms with Crippen LogP contribution in [0.4, 0.5) is 0 Å². The lowest BCUT2D eigenvalue weighted by atomic mass is 10.0. The molecular formula is C16H24O4. The number of benzene rings is 1. The van der Waals surface area contributed by atoms with E-state index in [1.54, 1.807) is 7.11 Å². The molecule has 0 saturated heterocycles. The minimum atomic E-state index is 0.0156. The summed E-state index contributed by atoms with van der Waals surface area (Å²) in [6.45, 7) is 6.35. The number of ketones is 1. The van der Waals surface area contributed by atoms with E-state index in [2.05, 4.69) is 0 Å². The van der Waals surface area contributed by atoms with Crippen LogP contribution in [0.15, 0.2) is 18.2 Å². The normalized spacial score (nSPS) is 10.8. The molecule has 1 aromatic carbocycles. The highest BCUT2D eigenvalue weighted by molar-refractivity contribution is 5.98. The minimum absolute atomic E-state index is 0.0156. The molecule has 0 amide bonds. The van der Waals surface area contributed by atoms with Gasteiger partial charge in [0.05, 0.1) is 13.2 Å². The zero-order valence-electron chi connectivity index (χ0n) is 12.6. The van der Waals surface area contributed by atoms with Crippen molar-refractivity contribution < 1.29 is 19.0 Å². The van der Waals surface area contributed by atoms with E-state index >= 15 is 0 Å². The fraction of sp³-hybridized carbons (Fsp3) is 0.562. The van der Waals surface area contributed by atoms with Crippen LogP contribution in [-0.4, -0.2) is 45.9 Å². The lowest BCUT2D eigenvalue weighted by molar-refractivity contribution is 0.0382. The molecule has 0 atom stereocenters. The number of rotatable bonds is 10. The number of Topliss-reactive ketones (excluding diaryl/α,β-unsaturated/α-hetero) is 1. The van der Waals surface area contributed by atoms with Crippen LogP contribution in [0.1, 0.15) is 27.9 Å². The molecule has 0 aliphatic rings. The van der Waals surface area contributed by atoms with Crippen molar-refractivity contribution in [2.24, 2.45) is 0 Å². The van der Waals surface area contributed by atoms with Crippen LogP contribution in [0.5, 0.6) is 0 Å². The summed E-state index contributed by atoms with van der Waals surface area (Å²) < 4.78 is 15.6. The van der Waals surface area contributed by atoms with E-state index in [1.165, 1.54) is 0 Å². The Labute approximate surface area is 121 Å². The molecule has 0 N–H and O–H groups in total. The van der Waals surface area contributed by atoms with Gasteiger partial charge in [-0.3, -0.25) is 4.79 Å². The Balaban J connectivity index is 2.17. The molecule has 0 spiro atoms. The zero-order valence-corrected chi connectivity index (χ0v) is 12.6. The van der Waals surface area contributed by atoms with Crippen LogP contribution in [0.3, 0.4) is 0 Å². The average Bonchev–Trinajstić information content (AvgIpc) is 2.41. The third-order valence-electron chi connectivity index (χ3n) is 2.92. The Morgan fingerprint density at radius 3 is 2.50 bits per heavy atom. The molecule has 1 aromatic rings. The first-order valence-electron chi connectivity index (χ1n) is 6.90. The molecule has 0 aliphatic carbocycles. The van der Waals surface area contributed by atoms with E-state index in [9.17, 15) is 4.79 Å². The minimum Gasteiger partial charge on any atom is -0.385 e. The Morgan fingerprint density at radius 1 is 1.05 bits per heavy atom. The molecule has 0 aliphatic heterocycles. The van der Waals surface area contributed by atoms with E-state index in [4.69, 9.17) is 14.2 Å². The maximum atomic E-state index is 12.0. The molecule has 20 heavy (non-hydrogen) atoms. The first kappa shape index (κ1) is 16.8. The van der Waals surface area contributed by atoms with Crippen molar-refractivity contribution >= 4 is 5.78 Å². The Kier molecular flexibility index (Phi) is 8.11. The van der Waals surface area contributed by atoms with Crippen LogP contribution in [0, 0.1) is 13.8 Å². The number of hydrogen-bond donors (Lipinski definition) is 0. The van der Waals surface area contributed by atoms with Gasteiger partial charge in [-0.05, 0) is 25.8 Å². The lowest BCUT2D eigenvalue weighted by Crippen LogP contribution is -2.14. The Bertz CT molecular complexity index is 415. The van der Waals surface area contributed by atoms with Crippen molar-refractivity contribution in [1.82, 2.24) is 0 Å². The number of hydrogen-bond acceptors (Lipinski definition) is 4. The van der Waals surface area contributed by atoms with Crippen LogP contribution >= 0.6 is 0 Å². The summed E-state index contributed by atoms with van der Waals surface area (Å²) in [5, 5.41) is 0. The molecule has 0 unspecified atom stereocenters.